The van der Waals surface area contributed by atoms with Crippen molar-refractivity contribution in [1.29, 1.82) is 0 Å². The van der Waals surface area contributed by atoms with E-state index in [2.05, 4.69) is 10.4 Å². The van der Waals surface area contributed by atoms with Crippen LogP contribution >= 0.6 is 0 Å². The van der Waals surface area contributed by atoms with Gasteiger partial charge in [-0.15, -0.1) is 0 Å². The predicted octanol–water partition coefficient (Wildman–Crippen LogP) is 4.47. The molecule has 0 aliphatic heterocycles. The van der Waals surface area contributed by atoms with Crippen molar-refractivity contribution in [2.75, 3.05) is 11.9 Å². The van der Waals surface area contributed by atoms with Gasteiger partial charge in [0.05, 0.1) is 16.9 Å². The van der Waals surface area contributed by atoms with E-state index in [0.29, 0.717) is 5.75 Å². The molecule has 0 unspecified atom stereocenters. The second-order valence-electron chi connectivity index (χ2n) is 6.02. The van der Waals surface area contributed by atoms with E-state index in [1.807, 2.05) is 13.0 Å². The average Bonchev–Trinajstić information content (AvgIpc) is 3.21. The van der Waals surface area contributed by atoms with Crippen molar-refractivity contribution in [2.45, 2.75) is 19.5 Å². The van der Waals surface area contributed by atoms with Gasteiger partial charge in [0.2, 0.25) is 0 Å². The summed E-state index contributed by atoms with van der Waals surface area (Å²) in [4.78, 5) is 12.1. The number of carbonyl (C=O) groups excluding carboxylic acids is 1. The highest BCUT2D eigenvalue weighted by molar-refractivity contribution is 5.93. The summed E-state index contributed by atoms with van der Waals surface area (Å²) in [5, 5.41) is 6.19. The minimum absolute atomic E-state index is 0.239. The highest BCUT2D eigenvalue weighted by Crippen LogP contribution is 2.36. The highest BCUT2D eigenvalue weighted by atomic mass is 19.4. The van der Waals surface area contributed by atoms with Crippen molar-refractivity contribution in [1.82, 2.24) is 9.78 Å². The first-order valence-electron chi connectivity index (χ1n) is 8.59. The Morgan fingerprint density at radius 3 is 2.68 bits per heavy atom. The minimum atomic E-state index is -4.64. The molecule has 1 N–H and O–H groups in total. The molecule has 8 heteroatoms. The number of halogens is 3. The third-order valence-corrected chi connectivity index (χ3v) is 4.03. The van der Waals surface area contributed by atoms with Gasteiger partial charge in [0.25, 0.3) is 5.91 Å². The molecule has 2 aromatic carbocycles. The summed E-state index contributed by atoms with van der Waals surface area (Å²) in [6.45, 7) is 1.59. The number of anilines is 1. The number of aryl methyl sites for hydroxylation is 1. The molecule has 0 atom stereocenters. The number of alkyl halides is 3. The van der Waals surface area contributed by atoms with Crippen molar-refractivity contribution < 1.29 is 22.7 Å². The quantitative estimate of drug-likeness (QED) is 0.677. The van der Waals surface area contributed by atoms with E-state index in [4.69, 9.17) is 4.74 Å². The van der Waals surface area contributed by atoms with Gasteiger partial charge in [-0.2, -0.15) is 18.3 Å². The van der Waals surface area contributed by atoms with Crippen LogP contribution in [0.4, 0.5) is 18.9 Å². The Hall–Kier alpha value is -3.29. The molecule has 0 saturated carbocycles. The fourth-order valence-corrected chi connectivity index (χ4v) is 2.63. The Labute approximate surface area is 159 Å². The lowest BCUT2D eigenvalue weighted by atomic mass is 10.1. The number of benzene rings is 2. The number of carbonyl (C=O) groups is 1. The summed E-state index contributed by atoms with van der Waals surface area (Å²) < 4.78 is 47.0. The Morgan fingerprint density at radius 2 is 2.00 bits per heavy atom. The normalized spacial score (nSPS) is 11.3. The fraction of sp³-hybridized carbons (Fsp3) is 0.200. The lowest BCUT2D eigenvalue weighted by Crippen LogP contribution is -2.22. The number of aromatic nitrogens is 2. The molecule has 0 bridgehead atoms. The van der Waals surface area contributed by atoms with E-state index >= 15 is 0 Å². The van der Waals surface area contributed by atoms with Crippen LogP contribution in [0.2, 0.25) is 0 Å². The van der Waals surface area contributed by atoms with Gasteiger partial charge in [-0.25, -0.2) is 4.68 Å². The number of hydrogen-bond donors (Lipinski definition) is 1. The summed E-state index contributed by atoms with van der Waals surface area (Å²) in [6.07, 6.45) is -0.830. The van der Waals surface area contributed by atoms with Gasteiger partial charge in [-0.1, -0.05) is 19.1 Å². The van der Waals surface area contributed by atoms with Crippen molar-refractivity contribution in [3.63, 3.8) is 0 Å². The Bertz CT molecular complexity index is 954. The first-order valence-corrected chi connectivity index (χ1v) is 8.59. The van der Waals surface area contributed by atoms with Gasteiger partial charge in [-0.05, 0) is 48.4 Å². The monoisotopic (exact) mass is 389 g/mol. The maximum Gasteiger partial charge on any atom is 0.418 e. The zero-order valence-electron chi connectivity index (χ0n) is 15.0. The van der Waals surface area contributed by atoms with Gasteiger partial charge in [0.15, 0.2) is 6.61 Å². The summed E-state index contributed by atoms with van der Waals surface area (Å²) in [5.41, 5.74) is -0.0180. The van der Waals surface area contributed by atoms with Crippen molar-refractivity contribution >= 4 is 11.6 Å². The van der Waals surface area contributed by atoms with Crippen LogP contribution in [0.15, 0.2) is 60.9 Å². The third kappa shape index (κ3) is 4.70. The van der Waals surface area contributed by atoms with E-state index in [1.165, 1.54) is 29.2 Å². The van der Waals surface area contributed by atoms with Crippen LogP contribution in [-0.2, 0) is 17.4 Å². The summed E-state index contributed by atoms with van der Waals surface area (Å²) in [5.74, 6) is -0.196. The van der Waals surface area contributed by atoms with Crippen molar-refractivity contribution in [3.8, 4) is 11.4 Å². The molecule has 1 heterocycles. The minimum Gasteiger partial charge on any atom is -0.484 e. The smallest absolute Gasteiger partial charge is 0.418 e. The molecule has 0 spiro atoms. The van der Waals surface area contributed by atoms with Gasteiger partial charge in [0.1, 0.15) is 5.75 Å². The SMILES string of the molecule is CCc1cccc(OCC(=O)Nc2ccc(-n3cccn3)cc2C(F)(F)F)c1. The van der Waals surface area contributed by atoms with Crippen LogP contribution in [0, 0.1) is 0 Å². The van der Waals surface area contributed by atoms with Crippen molar-refractivity contribution in [2.24, 2.45) is 0 Å². The van der Waals surface area contributed by atoms with E-state index in [1.54, 1.807) is 24.3 Å². The van der Waals surface area contributed by atoms with Gasteiger partial charge < -0.3 is 10.1 Å². The largest absolute Gasteiger partial charge is 0.484 e. The molecule has 5 nitrogen and oxygen atoms in total. The zero-order chi connectivity index (χ0) is 20.1. The molecule has 0 aliphatic carbocycles. The van der Waals surface area contributed by atoms with Crippen LogP contribution in [0.1, 0.15) is 18.1 Å². The Morgan fingerprint density at radius 1 is 1.18 bits per heavy atom. The zero-order valence-corrected chi connectivity index (χ0v) is 15.0. The topological polar surface area (TPSA) is 56.1 Å². The van der Waals surface area contributed by atoms with Crippen LogP contribution in [0.3, 0.4) is 0 Å². The first-order chi connectivity index (χ1) is 13.4. The second kappa shape index (κ2) is 8.16. The lowest BCUT2D eigenvalue weighted by molar-refractivity contribution is -0.137. The maximum atomic E-state index is 13.4. The molecule has 3 rings (SSSR count). The second-order valence-corrected chi connectivity index (χ2v) is 6.02. The molecule has 0 radical (unpaired) electrons. The molecule has 0 fully saturated rings. The van der Waals surface area contributed by atoms with Gasteiger partial charge >= 0.3 is 6.18 Å². The molecular formula is C20H18F3N3O2. The predicted molar refractivity (Wildman–Crippen MR) is 98.5 cm³/mol. The van der Waals surface area contributed by atoms with Crippen molar-refractivity contribution in [3.05, 3.63) is 72.1 Å². The Kier molecular flexibility index (Phi) is 5.67. The number of nitrogens with one attached hydrogen (secondary N) is 1. The molecule has 146 valence electrons. The maximum absolute atomic E-state index is 13.4. The van der Waals surface area contributed by atoms with Gasteiger partial charge in [-0.3, -0.25) is 4.79 Å². The van der Waals surface area contributed by atoms with Gasteiger partial charge in [0, 0.05) is 12.4 Å². The van der Waals surface area contributed by atoms with Crippen LogP contribution in [0.5, 0.6) is 5.75 Å². The third-order valence-electron chi connectivity index (χ3n) is 4.03. The first kappa shape index (κ1) is 19.5. The number of rotatable bonds is 6. The van der Waals surface area contributed by atoms with E-state index in [-0.39, 0.29) is 11.4 Å². The van der Waals surface area contributed by atoms with Crippen LogP contribution in [-0.4, -0.2) is 22.3 Å². The standard InChI is InChI=1S/C20H18F3N3O2/c1-2-14-5-3-6-16(11-14)28-13-19(27)25-18-8-7-15(26-10-4-9-24-26)12-17(18)20(21,22)23/h3-12H,2,13H2,1H3,(H,25,27). The highest BCUT2D eigenvalue weighted by Gasteiger charge is 2.34. The van der Waals surface area contributed by atoms with Crippen LogP contribution < -0.4 is 10.1 Å². The number of hydrogen-bond acceptors (Lipinski definition) is 3. The van der Waals surface area contributed by atoms with E-state index in [0.717, 1.165) is 18.1 Å². The molecule has 1 amide bonds. The average molecular weight is 389 g/mol. The number of nitrogens with zero attached hydrogens (tertiary/aromatic N) is 2. The van der Waals surface area contributed by atoms with Crippen LogP contribution in [0.25, 0.3) is 5.69 Å². The number of amides is 1. The van der Waals surface area contributed by atoms with E-state index in [9.17, 15) is 18.0 Å². The molecule has 3 aromatic rings. The summed E-state index contributed by atoms with van der Waals surface area (Å²) >= 11 is 0. The summed E-state index contributed by atoms with van der Waals surface area (Å²) in [7, 11) is 0. The number of ether oxygens (including phenoxy) is 1. The molecular weight excluding hydrogens is 371 g/mol. The lowest BCUT2D eigenvalue weighted by Gasteiger charge is -2.16. The molecule has 0 aliphatic rings. The Balaban J connectivity index is 1.74. The molecule has 0 saturated heterocycles. The molecule has 28 heavy (non-hydrogen) atoms. The molecule has 1 aromatic heterocycles. The summed E-state index contributed by atoms with van der Waals surface area (Å²) in [6, 6.07) is 12.4. The fourth-order valence-electron chi connectivity index (χ4n) is 2.63. The van der Waals surface area contributed by atoms with E-state index < -0.39 is 24.3 Å².